The van der Waals surface area contributed by atoms with Crippen molar-refractivity contribution in [2.45, 2.75) is 128 Å². The highest BCUT2D eigenvalue weighted by Crippen LogP contribution is 2.28. The number of hydrogen-bond donors (Lipinski definition) is 9. The first kappa shape index (κ1) is 58.7. The molecular weight excluding hydrogens is 965 g/mol. The van der Waals surface area contributed by atoms with Crippen molar-refractivity contribution in [3.63, 3.8) is 0 Å². The molecule has 0 saturated carbocycles. The van der Waals surface area contributed by atoms with Crippen LogP contribution < -0.4 is 42.5 Å². The maximum atomic E-state index is 14.5. The van der Waals surface area contributed by atoms with E-state index in [1.165, 1.54) is 48.2 Å². The highest BCUT2D eigenvalue weighted by atomic mass is 16.5. The first-order chi connectivity index (χ1) is 35.6. The second-order valence-electron chi connectivity index (χ2n) is 20.2. The van der Waals surface area contributed by atoms with Crippen molar-refractivity contribution >= 4 is 53.2 Å². The fourth-order valence-electron chi connectivity index (χ4n) is 9.09. The molecule has 2 saturated heterocycles. The van der Waals surface area contributed by atoms with Crippen LogP contribution in [0.3, 0.4) is 0 Å². The number of nitrogens with zero attached hydrogens (tertiary/aromatic N) is 2. The predicted octanol–water partition coefficient (Wildman–Crippen LogP) is 0.997. The van der Waals surface area contributed by atoms with Crippen LogP contribution in [0.1, 0.15) is 111 Å². The van der Waals surface area contributed by atoms with E-state index in [4.69, 9.17) is 4.74 Å². The van der Waals surface area contributed by atoms with Gasteiger partial charge in [0.1, 0.15) is 30.2 Å². The largest absolute Gasteiger partial charge is 0.469 e. The Morgan fingerprint density at radius 2 is 1.11 bits per heavy atom. The molecule has 2 fully saturated rings. The molecule has 9 N–H and O–H groups in total. The minimum atomic E-state index is -1.33. The summed E-state index contributed by atoms with van der Waals surface area (Å²) in [7, 11) is 4.26. The van der Waals surface area contributed by atoms with Gasteiger partial charge in [0, 0.05) is 42.7 Å². The summed E-state index contributed by atoms with van der Waals surface area (Å²) in [5, 5.41) is 32.6. The molecule has 0 aromatic heterocycles. The fraction of sp³-hybridized carbons (Fsp3) is 0.500. The van der Waals surface area contributed by atoms with Gasteiger partial charge in [0.2, 0.25) is 35.4 Å². The van der Waals surface area contributed by atoms with Crippen molar-refractivity contribution in [2.75, 3.05) is 40.9 Å². The Hall–Kier alpha value is -7.23. The molecule has 10 atom stereocenters. The van der Waals surface area contributed by atoms with Gasteiger partial charge in [0.15, 0.2) is 0 Å². The van der Waals surface area contributed by atoms with E-state index in [0.717, 1.165) is 11.1 Å². The van der Waals surface area contributed by atoms with Crippen LogP contribution in [0.5, 0.6) is 0 Å². The smallest absolute Gasteiger partial charge is 0.305 e. The Kier molecular flexibility index (Phi) is 21.0. The number of ether oxygens (including phenoxy) is 1. The van der Waals surface area contributed by atoms with Crippen LogP contribution in [-0.4, -0.2) is 157 Å². The number of likely N-dealkylation sites (tertiary alicyclic amines) is 2. The normalized spacial score (nSPS) is 19.8. The number of likely N-dealkylation sites (N-methyl/N-ethyl adjacent to an activating group) is 2. The number of aliphatic hydroxyl groups is 1. The van der Waals surface area contributed by atoms with Crippen molar-refractivity contribution in [3.8, 4) is 0 Å². The minimum absolute atomic E-state index is 0.0392. The lowest BCUT2D eigenvalue weighted by atomic mass is 9.85. The molecule has 0 radical (unpaired) electrons. The maximum absolute atomic E-state index is 14.5. The monoisotopic (exact) mass is 1040 g/mol. The van der Waals surface area contributed by atoms with Gasteiger partial charge < -0.3 is 62.2 Å². The Labute approximate surface area is 438 Å². The molecule has 3 aromatic carbocycles. The molecule has 3 aromatic rings. The molecule has 0 bridgehead atoms. The third-order valence-corrected chi connectivity index (χ3v) is 13.7. The van der Waals surface area contributed by atoms with Gasteiger partial charge in [-0.1, -0.05) is 87.5 Å². The average Bonchev–Trinajstić information content (AvgIpc) is 4.03. The summed E-state index contributed by atoms with van der Waals surface area (Å²) in [5.74, 6) is -5.16. The van der Waals surface area contributed by atoms with E-state index in [1.807, 2.05) is 88.4 Å². The van der Waals surface area contributed by atoms with Crippen LogP contribution in [0, 0.1) is 5.41 Å². The number of amides is 8. The second kappa shape index (κ2) is 26.8. The lowest BCUT2D eigenvalue weighted by Crippen LogP contribution is -2.59. The number of methoxy groups -OCH3 is 1. The molecule has 21 heteroatoms. The summed E-state index contributed by atoms with van der Waals surface area (Å²) >= 11 is 0. The number of carbonyl (C=O) groups is 9. The summed E-state index contributed by atoms with van der Waals surface area (Å²) in [6.07, 6.45) is -0.449. The number of carbonyl (C=O) groups excluding carboxylic acids is 9. The number of benzene rings is 3. The second-order valence-corrected chi connectivity index (χ2v) is 20.2. The molecule has 2 heterocycles. The van der Waals surface area contributed by atoms with E-state index in [1.54, 1.807) is 20.9 Å². The summed E-state index contributed by atoms with van der Waals surface area (Å²) in [6.45, 7) is 9.87. The van der Waals surface area contributed by atoms with Crippen molar-refractivity contribution in [2.24, 2.45) is 5.41 Å². The van der Waals surface area contributed by atoms with Crippen LogP contribution in [0.25, 0.3) is 0 Å². The van der Waals surface area contributed by atoms with Crippen molar-refractivity contribution < 1.29 is 53.0 Å². The zero-order valence-corrected chi connectivity index (χ0v) is 44.2. The van der Waals surface area contributed by atoms with Crippen molar-refractivity contribution in [1.82, 2.24) is 52.3 Å². The maximum Gasteiger partial charge on any atom is 0.305 e. The zero-order valence-electron chi connectivity index (χ0n) is 44.2. The molecule has 21 nitrogen and oxygen atoms in total. The Morgan fingerprint density at radius 3 is 1.53 bits per heavy atom. The number of rotatable bonds is 22. The number of aliphatic hydroxyl groups excluding tert-OH is 1. The zero-order chi connectivity index (χ0) is 55.1. The summed E-state index contributed by atoms with van der Waals surface area (Å²) < 4.78 is 4.78. The van der Waals surface area contributed by atoms with E-state index in [-0.39, 0.29) is 49.9 Å². The van der Waals surface area contributed by atoms with Crippen LogP contribution in [0.2, 0.25) is 0 Å². The number of hydrogen-bond acceptors (Lipinski definition) is 13. The lowest BCUT2D eigenvalue weighted by Gasteiger charge is -2.36. The fourth-order valence-corrected chi connectivity index (χ4v) is 9.09. The van der Waals surface area contributed by atoms with Crippen LogP contribution >= 0.6 is 0 Å². The standard InChI is InChI=1S/C54H74N10O11/c1-31(34-17-12-10-13-18-34)57-50(71)42-26-38(28-63(42)52(73)40(23-24-44(66)75-9)61-49(70)41(30-65)56-8)59-47(68)36-21-16-22-37(25-36)48(69)60-39-27-43(51(72)58-32(2)35-19-14-11-15-20-35)64(29-39)53(74)45(54(4,5)6)62-46(67)33(3)55-7/h10-22,25,31-33,38-43,45,55-56,65H,23-24,26-30H2,1-9H3,(H,57,71)(H,58,72)(H,59,68)(H,60,69)(H,61,70)(H,62,67)/t31-,32-,33+,38+,39+,40+,41+,42+,43+,45?/m1/s1. The first-order valence-corrected chi connectivity index (χ1v) is 25.3. The van der Waals surface area contributed by atoms with Crippen molar-refractivity contribution in [1.29, 1.82) is 0 Å². The SMILES string of the molecule is CN[C@@H](C)C(=O)NC(C(=O)N1C[C@@H](NC(=O)c2cccc(C(=O)N[C@H]3C[C@@H](C(=O)N[C@H](C)c4ccccc4)N(C(=O)[C@H](CCC(=O)OC)NC(=O)[C@H](CO)NC)C3)c2)C[C@H]1C(=O)N[C@H](C)c1ccccc1)C(C)(C)C. The minimum Gasteiger partial charge on any atom is -0.469 e. The van der Waals surface area contributed by atoms with Gasteiger partial charge in [0.25, 0.3) is 11.8 Å². The average molecular weight is 1040 g/mol. The van der Waals surface area contributed by atoms with Gasteiger partial charge >= 0.3 is 5.97 Å². The van der Waals surface area contributed by atoms with E-state index < -0.39 is 126 Å². The van der Waals surface area contributed by atoms with E-state index in [2.05, 4.69) is 42.5 Å². The van der Waals surface area contributed by atoms with Crippen LogP contribution in [-0.2, 0) is 38.3 Å². The highest BCUT2D eigenvalue weighted by Gasteiger charge is 2.47. The molecule has 1 unspecified atom stereocenters. The quantitative estimate of drug-likeness (QED) is 0.0636. The summed E-state index contributed by atoms with van der Waals surface area (Å²) in [6, 6.07) is 15.7. The van der Waals surface area contributed by atoms with Crippen LogP contribution in [0.4, 0.5) is 0 Å². The topological polar surface area (TPSA) is 286 Å². The molecule has 8 amide bonds. The molecule has 406 valence electrons. The number of nitrogens with one attached hydrogen (secondary N) is 8. The molecular formula is C54H74N10O11. The van der Waals surface area contributed by atoms with Gasteiger partial charge in [-0.05, 0) is 88.9 Å². The van der Waals surface area contributed by atoms with Gasteiger partial charge in [-0.15, -0.1) is 0 Å². The summed E-state index contributed by atoms with van der Waals surface area (Å²) in [5.41, 5.74) is 1.04. The summed E-state index contributed by atoms with van der Waals surface area (Å²) in [4.78, 5) is 127. The van der Waals surface area contributed by atoms with Gasteiger partial charge in [0.05, 0.1) is 31.8 Å². The molecule has 2 aliphatic rings. The Bertz CT molecular complexity index is 2500. The first-order valence-electron chi connectivity index (χ1n) is 25.3. The van der Waals surface area contributed by atoms with E-state index >= 15 is 0 Å². The molecule has 0 aliphatic carbocycles. The van der Waals surface area contributed by atoms with E-state index in [9.17, 15) is 48.3 Å². The van der Waals surface area contributed by atoms with Gasteiger partial charge in [-0.3, -0.25) is 43.2 Å². The third-order valence-electron chi connectivity index (χ3n) is 13.7. The molecule has 75 heavy (non-hydrogen) atoms. The lowest BCUT2D eigenvalue weighted by molar-refractivity contribution is -0.144. The van der Waals surface area contributed by atoms with Gasteiger partial charge in [-0.25, -0.2) is 0 Å². The highest BCUT2D eigenvalue weighted by molar-refractivity contribution is 6.01. The number of esters is 1. The van der Waals surface area contributed by atoms with Crippen LogP contribution in [0.15, 0.2) is 84.9 Å². The Balaban J connectivity index is 1.36. The van der Waals surface area contributed by atoms with Gasteiger partial charge in [-0.2, -0.15) is 0 Å². The van der Waals surface area contributed by atoms with Crippen molar-refractivity contribution in [3.05, 3.63) is 107 Å². The third kappa shape index (κ3) is 15.7. The van der Waals surface area contributed by atoms with E-state index in [0.29, 0.717) is 0 Å². The predicted molar refractivity (Wildman–Crippen MR) is 278 cm³/mol. The molecule has 2 aliphatic heterocycles. The Morgan fingerprint density at radius 1 is 0.627 bits per heavy atom. The molecule has 5 rings (SSSR count). The molecule has 0 spiro atoms.